The molecule has 1 aromatic rings. The molecule has 0 saturated heterocycles. The largest absolute Gasteiger partial charge is 0.384 e. The van der Waals surface area contributed by atoms with Crippen molar-refractivity contribution in [1.82, 2.24) is 4.98 Å². The second-order valence-electron chi connectivity index (χ2n) is 3.71. The molecule has 0 radical (unpaired) electrons. The van der Waals surface area contributed by atoms with Crippen LogP contribution in [0.1, 0.15) is 24.2 Å². The van der Waals surface area contributed by atoms with Crippen LogP contribution in [0.2, 0.25) is 0 Å². The maximum atomic E-state index is 4.42. The van der Waals surface area contributed by atoms with Crippen molar-refractivity contribution in [2.24, 2.45) is 0 Å². The molecule has 3 heteroatoms. The Balaban J connectivity index is 2.31. The fraction of sp³-hybridized carbons (Fsp3) is 0.583. The van der Waals surface area contributed by atoms with Gasteiger partial charge in [-0.15, -0.1) is 0 Å². The number of aryl methyl sites for hydroxylation is 2. The highest BCUT2D eigenvalue weighted by atomic mass is 32.2. The minimum absolute atomic E-state index is 1.05. The number of hydrogen-bond donors (Lipinski definition) is 1. The summed E-state index contributed by atoms with van der Waals surface area (Å²) in [5.74, 6) is 1.26. The molecule has 1 aromatic heterocycles. The summed E-state index contributed by atoms with van der Waals surface area (Å²) in [5.41, 5.74) is 3.35. The van der Waals surface area contributed by atoms with E-state index in [4.69, 9.17) is 0 Å². The minimum atomic E-state index is 1.05. The molecule has 84 valence electrons. The van der Waals surface area contributed by atoms with Gasteiger partial charge < -0.3 is 5.32 Å². The van der Waals surface area contributed by atoms with Crippen LogP contribution in [0, 0.1) is 13.8 Å². The van der Waals surface area contributed by atoms with Gasteiger partial charge in [-0.05, 0) is 50.8 Å². The van der Waals surface area contributed by atoms with E-state index in [0.29, 0.717) is 0 Å². The molecule has 1 rings (SSSR count). The Kier molecular flexibility index (Phi) is 5.54. The van der Waals surface area contributed by atoms with Gasteiger partial charge in [0.15, 0.2) is 0 Å². The molecule has 1 heterocycles. The van der Waals surface area contributed by atoms with Gasteiger partial charge in [0.25, 0.3) is 0 Å². The summed E-state index contributed by atoms with van der Waals surface area (Å²) in [7, 11) is 0. The van der Waals surface area contributed by atoms with Gasteiger partial charge >= 0.3 is 0 Å². The molecule has 0 bridgehead atoms. The Bertz CT molecular complexity index is 300. The number of unbranched alkanes of at least 4 members (excludes halogenated alkanes) is 1. The van der Waals surface area contributed by atoms with Crippen molar-refractivity contribution < 1.29 is 0 Å². The standard InChI is InChI=1S/C12H20N2S/c1-10-6-7-12(11(2)14-10)13-8-4-5-9-15-3/h6-7,13H,4-5,8-9H2,1-3H3. The first-order chi connectivity index (χ1) is 7.24. The second kappa shape index (κ2) is 6.72. The van der Waals surface area contributed by atoms with E-state index in [1.807, 2.05) is 18.7 Å². The Labute approximate surface area is 96.9 Å². The third-order valence-electron chi connectivity index (χ3n) is 2.32. The lowest BCUT2D eigenvalue weighted by Gasteiger charge is -2.08. The summed E-state index contributed by atoms with van der Waals surface area (Å²) in [4.78, 5) is 4.42. The molecular formula is C12H20N2S. The maximum Gasteiger partial charge on any atom is 0.0606 e. The molecule has 0 fully saturated rings. The van der Waals surface area contributed by atoms with Crippen molar-refractivity contribution in [3.63, 3.8) is 0 Å². The van der Waals surface area contributed by atoms with Crippen molar-refractivity contribution in [2.75, 3.05) is 23.9 Å². The van der Waals surface area contributed by atoms with E-state index in [1.165, 1.54) is 24.3 Å². The van der Waals surface area contributed by atoms with E-state index >= 15 is 0 Å². The van der Waals surface area contributed by atoms with Crippen LogP contribution in [0.5, 0.6) is 0 Å². The van der Waals surface area contributed by atoms with Crippen LogP contribution in [0.15, 0.2) is 12.1 Å². The van der Waals surface area contributed by atoms with Gasteiger partial charge in [-0.25, -0.2) is 0 Å². The zero-order chi connectivity index (χ0) is 11.1. The number of anilines is 1. The van der Waals surface area contributed by atoms with Crippen LogP contribution < -0.4 is 5.32 Å². The lowest BCUT2D eigenvalue weighted by Crippen LogP contribution is -2.04. The highest BCUT2D eigenvalue weighted by molar-refractivity contribution is 7.98. The SMILES string of the molecule is CSCCCCNc1ccc(C)nc1C. The highest BCUT2D eigenvalue weighted by Crippen LogP contribution is 2.12. The van der Waals surface area contributed by atoms with E-state index in [0.717, 1.165) is 17.9 Å². The van der Waals surface area contributed by atoms with Gasteiger partial charge in [0.05, 0.1) is 11.4 Å². The Morgan fingerprint density at radius 2 is 2.07 bits per heavy atom. The van der Waals surface area contributed by atoms with Crippen molar-refractivity contribution in [3.8, 4) is 0 Å². The van der Waals surface area contributed by atoms with Crippen LogP contribution in [0.25, 0.3) is 0 Å². The summed E-state index contributed by atoms with van der Waals surface area (Å²) >= 11 is 1.91. The van der Waals surface area contributed by atoms with Crippen molar-refractivity contribution in [2.45, 2.75) is 26.7 Å². The van der Waals surface area contributed by atoms with Gasteiger partial charge in [0, 0.05) is 12.2 Å². The maximum absolute atomic E-state index is 4.42. The molecule has 0 saturated carbocycles. The monoisotopic (exact) mass is 224 g/mol. The summed E-state index contributed by atoms with van der Waals surface area (Å²) in [5, 5.41) is 3.43. The lowest BCUT2D eigenvalue weighted by molar-refractivity contribution is 0.841. The third kappa shape index (κ3) is 4.56. The lowest BCUT2D eigenvalue weighted by atomic mass is 10.2. The number of nitrogens with one attached hydrogen (secondary N) is 1. The van der Waals surface area contributed by atoms with Gasteiger partial charge in [0.2, 0.25) is 0 Å². The molecule has 15 heavy (non-hydrogen) atoms. The zero-order valence-electron chi connectivity index (χ0n) is 9.84. The van der Waals surface area contributed by atoms with E-state index in [1.54, 1.807) is 0 Å². The number of thioether (sulfide) groups is 1. The molecular weight excluding hydrogens is 204 g/mol. The molecule has 0 atom stereocenters. The molecule has 0 aliphatic heterocycles. The third-order valence-corrected chi connectivity index (χ3v) is 3.01. The number of pyridine rings is 1. The summed E-state index contributed by atoms with van der Waals surface area (Å²) in [6.07, 6.45) is 4.67. The van der Waals surface area contributed by atoms with Gasteiger partial charge in [-0.1, -0.05) is 0 Å². The van der Waals surface area contributed by atoms with Crippen LogP contribution in [0.4, 0.5) is 5.69 Å². The molecule has 0 spiro atoms. The average Bonchev–Trinajstić information content (AvgIpc) is 2.20. The molecule has 0 amide bonds. The van der Waals surface area contributed by atoms with Crippen molar-refractivity contribution >= 4 is 17.4 Å². The topological polar surface area (TPSA) is 24.9 Å². The fourth-order valence-corrected chi connectivity index (χ4v) is 1.96. The summed E-state index contributed by atoms with van der Waals surface area (Å²) in [6.45, 7) is 5.12. The minimum Gasteiger partial charge on any atom is -0.384 e. The van der Waals surface area contributed by atoms with E-state index in [9.17, 15) is 0 Å². The molecule has 0 aliphatic carbocycles. The molecule has 2 nitrogen and oxygen atoms in total. The van der Waals surface area contributed by atoms with Crippen LogP contribution in [-0.2, 0) is 0 Å². The first-order valence-corrected chi connectivity index (χ1v) is 6.80. The zero-order valence-corrected chi connectivity index (χ0v) is 10.7. The summed E-state index contributed by atoms with van der Waals surface area (Å²) in [6, 6.07) is 4.17. The normalized spacial score (nSPS) is 10.3. The Hall–Kier alpha value is -0.700. The van der Waals surface area contributed by atoms with Crippen molar-refractivity contribution in [1.29, 1.82) is 0 Å². The number of aromatic nitrogens is 1. The Morgan fingerprint density at radius 3 is 2.73 bits per heavy atom. The predicted molar refractivity (Wildman–Crippen MR) is 69.8 cm³/mol. The smallest absolute Gasteiger partial charge is 0.0606 e. The van der Waals surface area contributed by atoms with Crippen LogP contribution in [-0.4, -0.2) is 23.5 Å². The van der Waals surface area contributed by atoms with Crippen molar-refractivity contribution in [3.05, 3.63) is 23.5 Å². The quantitative estimate of drug-likeness (QED) is 0.751. The number of nitrogens with zero attached hydrogens (tertiary/aromatic N) is 1. The first-order valence-electron chi connectivity index (χ1n) is 5.41. The van der Waals surface area contributed by atoms with E-state index < -0.39 is 0 Å². The summed E-state index contributed by atoms with van der Waals surface area (Å²) < 4.78 is 0. The molecule has 0 aromatic carbocycles. The average molecular weight is 224 g/mol. The van der Waals surface area contributed by atoms with E-state index in [-0.39, 0.29) is 0 Å². The molecule has 0 aliphatic rings. The van der Waals surface area contributed by atoms with Gasteiger partial charge in [0.1, 0.15) is 0 Å². The van der Waals surface area contributed by atoms with Gasteiger partial charge in [-0.2, -0.15) is 11.8 Å². The highest BCUT2D eigenvalue weighted by Gasteiger charge is 1.98. The second-order valence-corrected chi connectivity index (χ2v) is 4.70. The number of rotatable bonds is 6. The van der Waals surface area contributed by atoms with Crippen LogP contribution >= 0.6 is 11.8 Å². The molecule has 0 unspecified atom stereocenters. The molecule has 1 N–H and O–H groups in total. The van der Waals surface area contributed by atoms with Crippen LogP contribution in [0.3, 0.4) is 0 Å². The Morgan fingerprint density at radius 1 is 1.27 bits per heavy atom. The fourth-order valence-electron chi connectivity index (χ4n) is 1.47. The predicted octanol–water partition coefficient (Wildman–Crippen LogP) is 3.25. The number of hydrogen-bond acceptors (Lipinski definition) is 3. The van der Waals surface area contributed by atoms with Gasteiger partial charge in [-0.3, -0.25) is 4.98 Å². The van der Waals surface area contributed by atoms with E-state index in [2.05, 4.69) is 35.6 Å². The first kappa shape index (κ1) is 12.4.